The van der Waals surface area contributed by atoms with Crippen molar-refractivity contribution in [2.75, 3.05) is 56.9 Å². The number of likely N-dealkylation sites (N-methyl/N-ethyl adjacent to an activating group) is 1. The van der Waals surface area contributed by atoms with Gasteiger partial charge in [0, 0.05) is 32.7 Å². The van der Waals surface area contributed by atoms with E-state index in [2.05, 4.69) is 16.8 Å². The van der Waals surface area contributed by atoms with Gasteiger partial charge in [-0.05, 0) is 36.9 Å². The van der Waals surface area contributed by atoms with Crippen molar-refractivity contribution >= 4 is 21.7 Å². The first-order valence-electron chi connectivity index (χ1n) is 10.0. The summed E-state index contributed by atoms with van der Waals surface area (Å²) in [6, 6.07) is 16.0. The minimum Gasteiger partial charge on any atom is -0.465 e. The Hall–Kier alpha value is -2.42. The molecule has 162 valence electrons. The second-order valence-electron chi connectivity index (χ2n) is 7.49. The van der Waals surface area contributed by atoms with Crippen molar-refractivity contribution in [1.82, 2.24) is 9.80 Å². The van der Waals surface area contributed by atoms with Crippen LogP contribution in [-0.4, -0.2) is 76.8 Å². The van der Waals surface area contributed by atoms with Crippen LogP contribution in [0, 0.1) is 0 Å². The predicted molar refractivity (Wildman–Crippen MR) is 118 cm³/mol. The Morgan fingerprint density at radius 1 is 1.00 bits per heavy atom. The molecule has 0 aromatic heterocycles. The molecule has 1 aliphatic heterocycles. The van der Waals surface area contributed by atoms with Crippen molar-refractivity contribution < 1.29 is 17.9 Å². The van der Waals surface area contributed by atoms with Crippen molar-refractivity contribution in [3.63, 3.8) is 0 Å². The van der Waals surface area contributed by atoms with E-state index in [1.54, 1.807) is 36.4 Å². The van der Waals surface area contributed by atoms with Crippen LogP contribution in [0.3, 0.4) is 0 Å². The first kappa shape index (κ1) is 22.3. The molecule has 0 unspecified atom stereocenters. The third-order valence-corrected chi connectivity index (χ3v) is 7.05. The molecule has 0 amide bonds. The van der Waals surface area contributed by atoms with Gasteiger partial charge in [-0.15, -0.1) is 0 Å². The summed E-state index contributed by atoms with van der Waals surface area (Å²) in [5.41, 5.74) is 1.87. The minimum absolute atomic E-state index is 0.0614. The summed E-state index contributed by atoms with van der Waals surface area (Å²) in [4.78, 5) is 16.1. The number of sulfonamides is 1. The standard InChI is InChI=1S/C22H29N3O4S/c1-23-12-14-24(15-13-23)16-17-30(27,28)25(21-6-4-3-5-7-21)18-19-8-10-20(11-9-19)22(26)29-2/h3-11H,12-18H2,1-2H3. The largest absolute Gasteiger partial charge is 0.465 e. The molecule has 1 heterocycles. The van der Waals surface area contributed by atoms with E-state index >= 15 is 0 Å². The lowest BCUT2D eigenvalue weighted by Gasteiger charge is -2.33. The summed E-state index contributed by atoms with van der Waals surface area (Å²) in [6.07, 6.45) is 0. The maximum atomic E-state index is 13.3. The normalized spacial score (nSPS) is 15.7. The van der Waals surface area contributed by atoms with Gasteiger partial charge in [-0.1, -0.05) is 30.3 Å². The van der Waals surface area contributed by atoms with Gasteiger partial charge in [0.2, 0.25) is 10.0 Å². The molecule has 1 fully saturated rings. The van der Waals surface area contributed by atoms with E-state index in [0.717, 1.165) is 31.7 Å². The van der Waals surface area contributed by atoms with E-state index in [1.165, 1.54) is 11.4 Å². The molecule has 1 aliphatic rings. The van der Waals surface area contributed by atoms with Crippen LogP contribution in [0.2, 0.25) is 0 Å². The van der Waals surface area contributed by atoms with Gasteiger partial charge in [0.25, 0.3) is 0 Å². The topological polar surface area (TPSA) is 70.2 Å². The summed E-state index contributed by atoms with van der Waals surface area (Å²) < 4.78 is 32.7. The SMILES string of the molecule is COC(=O)c1ccc(CN(c2ccccc2)S(=O)(=O)CCN2CCN(C)CC2)cc1. The zero-order valence-corrected chi connectivity index (χ0v) is 18.3. The Labute approximate surface area is 178 Å². The molecule has 0 saturated carbocycles. The summed E-state index contributed by atoms with van der Waals surface area (Å²) >= 11 is 0. The maximum absolute atomic E-state index is 13.3. The highest BCUT2D eigenvalue weighted by molar-refractivity contribution is 7.92. The number of methoxy groups -OCH3 is 1. The van der Waals surface area contributed by atoms with Crippen LogP contribution in [0.1, 0.15) is 15.9 Å². The van der Waals surface area contributed by atoms with Gasteiger partial charge >= 0.3 is 5.97 Å². The summed E-state index contributed by atoms with van der Waals surface area (Å²) in [5.74, 6) is -0.354. The highest BCUT2D eigenvalue weighted by Crippen LogP contribution is 2.22. The minimum atomic E-state index is -3.53. The number of esters is 1. The summed E-state index contributed by atoms with van der Waals surface area (Å²) in [5, 5.41) is 0. The van der Waals surface area contributed by atoms with E-state index < -0.39 is 16.0 Å². The number of nitrogens with zero attached hydrogens (tertiary/aromatic N) is 3. The van der Waals surface area contributed by atoms with Gasteiger partial charge in [0.05, 0.1) is 30.7 Å². The van der Waals surface area contributed by atoms with Gasteiger partial charge in [-0.2, -0.15) is 0 Å². The number of carbonyl (C=O) groups excluding carboxylic acids is 1. The molecule has 3 rings (SSSR count). The predicted octanol–water partition coefficient (Wildman–Crippen LogP) is 2.06. The van der Waals surface area contributed by atoms with Gasteiger partial charge in [0.1, 0.15) is 0 Å². The van der Waals surface area contributed by atoms with E-state index in [1.807, 2.05) is 18.2 Å². The molecule has 2 aromatic carbocycles. The second-order valence-corrected chi connectivity index (χ2v) is 9.50. The van der Waals surface area contributed by atoms with Crippen molar-refractivity contribution in [2.24, 2.45) is 0 Å². The van der Waals surface area contributed by atoms with E-state index in [0.29, 0.717) is 17.8 Å². The molecule has 7 nitrogen and oxygen atoms in total. The summed E-state index contributed by atoms with van der Waals surface area (Å²) in [6.45, 7) is 4.39. The third-order valence-electron chi connectivity index (χ3n) is 5.34. The number of rotatable bonds is 8. The monoisotopic (exact) mass is 431 g/mol. The molecule has 0 radical (unpaired) electrons. The molecule has 0 spiro atoms. The zero-order valence-electron chi connectivity index (χ0n) is 17.5. The van der Waals surface area contributed by atoms with Gasteiger partial charge in [0.15, 0.2) is 0 Å². The number of piperazine rings is 1. The highest BCUT2D eigenvalue weighted by atomic mass is 32.2. The Morgan fingerprint density at radius 3 is 2.23 bits per heavy atom. The molecule has 8 heteroatoms. The number of anilines is 1. The molecule has 0 aliphatic carbocycles. The molecule has 0 atom stereocenters. The quantitative estimate of drug-likeness (QED) is 0.596. The molecular formula is C22H29N3O4S. The average molecular weight is 432 g/mol. The number of carbonyl (C=O) groups is 1. The second kappa shape index (κ2) is 10.1. The van der Waals surface area contributed by atoms with Crippen molar-refractivity contribution in [2.45, 2.75) is 6.54 Å². The van der Waals surface area contributed by atoms with Crippen molar-refractivity contribution in [3.05, 3.63) is 65.7 Å². The first-order valence-corrected chi connectivity index (χ1v) is 11.6. The average Bonchev–Trinajstić information content (AvgIpc) is 2.77. The molecule has 0 bridgehead atoms. The number of hydrogen-bond acceptors (Lipinski definition) is 6. The third kappa shape index (κ3) is 5.81. The van der Waals surface area contributed by atoms with Crippen LogP contribution in [-0.2, 0) is 21.3 Å². The maximum Gasteiger partial charge on any atom is 0.337 e. The number of para-hydroxylation sites is 1. The van der Waals surface area contributed by atoms with Crippen LogP contribution in [0.15, 0.2) is 54.6 Å². The summed E-state index contributed by atoms with van der Waals surface area (Å²) in [7, 11) is -0.117. The van der Waals surface area contributed by atoms with Crippen molar-refractivity contribution in [3.8, 4) is 0 Å². The van der Waals surface area contributed by atoms with Gasteiger partial charge in [-0.3, -0.25) is 9.21 Å². The lowest BCUT2D eigenvalue weighted by Crippen LogP contribution is -2.47. The number of benzene rings is 2. The van der Waals surface area contributed by atoms with Crippen LogP contribution < -0.4 is 4.31 Å². The van der Waals surface area contributed by atoms with Crippen LogP contribution >= 0.6 is 0 Å². The number of hydrogen-bond donors (Lipinski definition) is 0. The lowest BCUT2D eigenvalue weighted by molar-refractivity contribution is 0.0600. The van der Waals surface area contributed by atoms with Gasteiger partial charge < -0.3 is 9.64 Å². The fourth-order valence-corrected chi connectivity index (χ4v) is 4.90. The Balaban J connectivity index is 1.76. The fraction of sp³-hybridized carbons (Fsp3) is 0.409. The van der Waals surface area contributed by atoms with Crippen LogP contribution in [0.4, 0.5) is 5.69 Å². The molecule has 1 saturated heterocycles. The molecular weight excluding hydrogens is 402 g/mol. The lowest BCUT2D eigenvalue weighted by atomic mass is 10.1. The van der Waals surface area contributed by atoms with E-state index in [9.17, 15) is 13.2 Å². The van der Waals surface area contributed by atoms with E-state index in [-0.39, 0.29) is 12.3 Å². The number of ether oxygens (including phenoxy) is 1. The van der Waals surface area contributed by atoms with Crippen LogP contribution in [0.5, 0.6) is 0 Å². The fourth-order valence-electron chi connectivity index (χ4n) is 3.40. The van der Waals surface area contributed by atoms with Crippen molar-refractivity contribution in [1.29, 1.82) is 0 Å². The first-order chi connectivity index (χ1) is 14.4. The highest BCUT2D eigenvalue weighted by Gasteiger charge is 2.25. The molecule has 0 N–H and O–H groups in total. The Bertz CT molecular complexity index is 925. The zero-order chi connectivity index (χ0) is 21.6. The van der Waals surface area contributed by atoms with Crippen LogP contribution in [0.25, 0.3) is 0 Å². The van der Waals surface area contributed by atoms with Gasteiger partial charge in [-0.25, -0.2) is 13.2 Å². The smallest absolute Gasteiger partial charge is 0.337 e. The Kier molecular flexibility index (Phi) is 7.47. The Morgan fingerprint density at radius 2 is 1.63 bits per heavy atom. The van der Waals surface area contributed by atoms with E-state index in [4.69, 9.17) is 4.74 Å². The molecule has 2 aromatic rings. The molecule has 30 heavy (non-hydrogen) atoms.